The fourth-order valence-corrected chi connectivity index (χ4v) is 3.85. The van der Waals surface area contributed by atoms with Crippen LogP contribution in [0.25, 0.3) is 5.65 Å². The van der Waals surface area contributed by atoms with Crippen LogP contribution >= 0.6 is 0 Å². The Kier molecular flexibility index (Phi) is 3.60. The predicted octanol–water partition coefficient (Wildman–Crippen LogP) is 1.28. The fourth-order valence-electron chi connectivity index (χ4n) is 3.85. The first-order chi connectivity index (χ1) is 11.2. The van der Waals surface area contributed by atoms with Crippen LogP contribution in [0.4, 0.5) is 5.82 Å². The second-order valence-corrected chi connectivity index (χ2v) is 6.84. The van der Waals surface area contributed by atoms with Gasteiger partial charge in [-0.05, 0) is 50.6 Å². The smallest absolute Gasteiger partial charge is 0.336 e. The molecule has 0 amide bonds. The van der Waals surface area contributed by atoms with Gasteiger partial charge in [0.2, 0.25) is 0 Å². The van der Waals surface area contributed by atoms with Crippen molar-refractivity contribution in [2.75, 3.05) is 18.8 Å². The summed E-state index contributed by atoms with van der Waals surface area (Å²) in [6, 6.07) is 0.341. The molecule has 0 spiro atoms. The van der Waals surface area contributed by atoms with Gasteiger partial charge in [-0.2, -0.15) is 4.98 Å². The normalized spacial score (nSPS) is 27.1. The summed E-state index contributed by atoms with van der Waals surface area (Å²) in [5, 5.41) is 7.95. The summed E-state index contributed by atoms with van der Waals surface area (Å²) in [5.74, 6) is 2.76. The number of ether oxygens (including phenoxy) is 1. The van der Waals surface area contributed by atoms with Crippen molar-refractivity contribution in [3.63, 3.8) is 0 Å². The van der Waals surface area contributed by atoms with Crippen LogP contribution in [0, 0.1) is 17.8 Å². The van der Waals surface area contributed by atoms with Gasteiger partial charge in [-0.25, -0.2) is 9.50 Å². The highest BCUT2D eigenvalue weighted by Crippen LogP contribution is 2.50. The molecule has 0 bridgehead atoms. The molecule has 4 atom stereocenters. The minimum Gasteiger partial charge on any atom is -0.459 e. The summed E-state index contributed by atoms with van der Waals surface area (Å²) >= 11 is 0. The largest absolute Gasteiger partial charge is 0.459 e. The first-order valence-electron chi connectivity index (χ1n) is 8.55. The van der Waals surface area contributed by atoms with Crippen molar-refractivity contribution in [3.8, 4) is 6.01 Å². The topological polar surface area (TPSA) is 90.4 Å². The number of piperidine rings is 1. The fraction of sp³-hybridized carbons (Fsp3) is 0.688. The number of nitrogens with one attached hydrogen (secondary N) is 1. The van der Waals surface area contributed by atoms with Gasteiger partial charge in [0.15, 0.2) is 11.5 Å². The molecule has 2 aromatic heterocycles. The number of nitrogen functional groups attached to an aromatic ring is 1. The van der Waals surface area contributed by atoms with E-state index in [-0.39, 0.29) is 6.10 Å². The van der Waals surface area contributed by atoms with Crippen molar-refractivity contribution in [1.29, 1.82) is 0 Å². The molecular formula is C16H24N6O. The van der Waals surface area contributed by atoms with E-state index in [9.17, 15) is 0 Å². The lowest BCUT2D eigenvalue weighted by Gasteiger charge is -2.12. The van der Waals surface area contributed by atoms with Gasteiger partial charge in [-0.1, -0.05) is 13.3 Å². The third-order valence-electron chi connectivity index (χ3n) is 5.15. The number of imidazole rings is 1. The zero-order valence-corrected chi connectivity index (χ0v) is 13.7. The molecule has 1 aliphatic carbocycles. The minimum atomic E-state index is 0.0812. The predicted molar refractivity (Wildman–Crippen MR) is 87.2 cm³/mol. The number of rotatable bonds is 6. The Labute approximate surface area is 135 Å². The van der Waals surface area contributed by atoms with Gasteiger partial charge in [-0.3, -0.25) is 0 Å². The monoisotopic (exact) mass is 316 g/mol. The van der Waals surface area contributed by atoms with Gasteiger partial charge in [0.05, 0.1) is 18.0 Å². The molecule has 2 unspecified atom stereocenters. The van der Waals surface area contributed by atoms with Crippen molar-refractivity contribution >= 4 is 11.5 Å². The SMILES string of the molecule is CCCC(C)Oc1nc(N)c2ncc(CC3[C@H]4CNC[C@@H]34)n2n1. The molecular weight excluding hydrogens is 292 g/mol. The molecule has 3 N–H and O–H groups in total. The van der Waals surface area contributed by atoms with Crippen LogP contribution < -0.4 is 15.8 Å². The van der Waals surface area contributed by atoms with Crippen LogP contribution in [0.5, 0.6) is 6.01 Å². The lowest BCUT2D eigenvalue weighted by Crippen LogP contribution is -2.17. The van der Waals surface area contributed by atoms with E-state index >= 15 is 0 Å². The van der Waals surface area contributed by atoms with Gasteiger partial charge in [-0.15, -0.1) is 5.10 Å². The third kappa shape index (κ3) is 2.63. The number of nitrogens with zero attached hydrogens (tertiary/aromatic N) is 4. The minimum absolute atomic E-state index is 0.0812. The number of nitrogens with two attached hydrogens (primary N) is 1. The van der Waals surface area contributed by atoms with Crippen LogP contribution in [0.2, 0.25) is 0 Å². The van der Waals surface area contributed by atoms with Crippen molar-refractivity contribution < 1.29 is 4.74 Å². The summed E-state index contributed by atoms with van der Waals surface area (Å²) < 4.78 is 7.62. The number of aromatic nitrogens is 4. The average Bonchev–Trinajstić information content (AvgIpc) is 2.89. The summed E-state index contributed by atoms with van der Waals surface area (Å²) in [7, 11) is 0. The van der Waals surface area contributed by atoms with E-state index in [0.717, 1.165) is 55.8 Å². The van der Waals surface area contributed by atoms with E-state index in [1.54, 1.807) is 0 Å². The first kappa shape index (κ1) is 14.7. The van der Waals surface area contributed by atoms with Crippen LogP contribution in [0.1, 0.15) is 32.4 Å². The third-order valence-corrected chi connectivity index (χ3v) is 5.15. The van der Waals surface area contributed by atoms with E-state index in [1.165, 1.54) is 0 Å². The summed E-state index contributed by atoms with van der Waals surface area (Å²) in [4.78, 5) is 8.63. The van der Waals surface area contributed by atoms with Gasteiger partial charge < -0.3 is 15.8 Å². The lowest BCUT2D eigenvalue weighted by molar-refractivity contribution is 0.189. The van der Waals surface area contributed by atoms with Gasteiger partial charge in [0, 0.05) is 0 Å². The van der Waals surface area contributed by atoms with E-state index in [0.29, 0.717) is 17.5 Å². The number of anilines is 1. The Balaban J connectivity index is 1.57. The Bertz CT molecular complexity index is 704. The molecule has 7 heteroatoms. The second kappa shape index (κ2) is 5.63. The molecule has 1 saturated heterocycles. The van der Waals surface area contributed by atoms with Crippen molar-refractivity contribution in [1.82, 2.24) is 24.9 Å². The molecule has 4 rings (SSSR count). The standard InChI is InChI=1S/C16H24N6O/c1-3-4-9(2)23-16-20-14(17)15-19-6-10(22(15)21-16)5-11-12-7-18-8-13(11)12/h6,9,11-13,18H,3-5,7-8H2,1-2H3,(H2,17,20,21)/t9?,11?,12-,13+. The number of hydrogen-bond acceptors (Lipinski definition) is 6. The van der Waals surface area contributed by atoms with Crippen molar-refractivity contribution in [3.05, 3.63) is 11.9 Å². The van der Waals surface area contributed by atoms with Gasteiger partial charge in [0.1, 0.15) is 0 Å². The average molecular weight is 316 g/mol. The van der Waals surface area contributed by atoms with E-state index < -0.39 is 0 Å². The molecule has 0 radical (unpaired) electrons. The van der Waals surface area contributed by atoms with E-state index in [2.05, 4.69) is 27.3 Å². The number of fused-ring (bicyclic) bond motifs is 2. The zero-order valence-electron chi connectivity index (χ0n) is 13.7. The maximum Gasteiger partial charge on any atom is 0.336 e. The first-order valence-corrected chi connectivity index (χ1v) is 8.55. The van der Waals surface area contributed by atoms with Crippen molar-refractivity contribution in [2.24, 2.45) is 17.8 Å². The Morgan fingerprint density at radius 2 is 2.22 bits per heavy atom. The van der Waals surface area contributed by atoms with Crippen LogP contribution in [0.15, 0.2) is 6.20 Å². The number of hydrogen-bond donors (Lipinski definition) is 2. The highest BCUT2D eigenvalue weighted by Gasteiger charge is 2.52. The second-order valence-electron chi connectivity index (χ2n) is 6.84. The van der Waals surface area contributed by atoms with Crippen LogP contribution in [-0.4, -0.2) is 38.8 Å². The quantitative estimate of drug-likeness (QED) is 0.834. The maximum absolute atomic E-state index is 6.03. The molecule has 124 valence electrons. The summed E-state index contributed by atoms with van der Waals surface area (Å²) in [5.41, 5.74) is 7.76. The Morgan fingerprint density at radius 3 is 2.96 bits per heavy atom. The van der Waals surface area contributed by atoms with Crippen molar-refractivity contribution in [2.45, 2.75) is 39.2 Å². The summed E-state index contributed by atoms with van der Waals surface area (Å²) in [6.45, 7) is 6.45. The molecule has 1 aliphatic heterocycles. The lowest BCUT2D eigenvalue weighted by atomic mass is 10.1. The Morgan fingerprint density at radius 1 is 1.43 bits per heavy atom. The Hall–Kier alpha value is -1.89. The highest BCUT2D eigenvalue weighted by atomic mass is 16.5. The highest BCUT2D eigenvalue weighted by molar-refractivity contribution is 5.59. The molecule has 2 aliphatic rings. The zero-order chi connectivity index (χ0) is 16.0. The molecule has 2 aromatic rings. The molecule has 1 saturated carbocycles. The molecule has 2 fully saturated rings. The molecule has 7 nitrogen and oxygen atoms in total. The molecule has 3 heterocycles. The summed E-state index contributed by atoms with van der Waals surface area (Å²) in [6.07, 6.45) is 4.99. The molecule has 23 heavy (non-hydrogen) atoms. The van der Waals surface area contributed by atoms with Gasteiger partial charge in [0.25, 0.3) is 0 Å². The van der Waals surface area contributed by atoms with Crippen LogP contribution in [0.3, 0.4) is 0 Å². The maximum atomic E-state index is 6.03. The van der Waals surface area contributed by atoms with Crippen LogP contribution in [-0.2, 0) is 6.42 Å². The van der Waals surface area contributed by atoms with E-state index in [1.807, 2.05) is 17.6 Å². The van der Waals surface area contributed by atoms with E-state index in [4.69, 9.17) is 10.5 Å². The molecule has 0 aromatic carbocycles. The van der Waals surface area contributed by atoms with Gasteiger partial charge >= 0.3 is 6.01 Å².